The normalized spacial score (nSPS) is 20.1. The lowest BCUT2D eigenvalue weighted by molar-refractivity contribution is -0.143. The quantitative estimate of drug-likeness (QED) is 0.631. The number of piperidine rings is 1. The van der Waals surface area contributed by atoms with E-state index >= 15 is 0 Å². The average Bonchev–Trinajstić information content (AvgIpc) is 3.35. The van der Waals surface area contributed by atoms with Crippen LogP contribution in [-0.2, 0) is 20.9 Å². The van der Waals surface area contributed by atoms with E-state index < -0.39 is 0 Å². The Balaban J connectivity index is 1.48. The lowest BCUT2D eigenvalue weighted by Gasteiger charge is -2.35. The van der Waals surface area contributed by atoms with Crippen LogP contribution in [0.25, 0.3) is 0 Å². The first-order valence-electron chi connectivity index (χ1n) is 10.4. The van der Waals surface area contributed by atoms with Crippen molar-refractivity contribution in [2.24, 2.45) is 5.92 Å². The molecule has 0 aromatic carbocycles. The first kappa shape index (κ1) is 20.4. The number of aromatic nitrogens is 2. The summed E-state index contributed by atoms with van der Waals surface area (Å²) in [5.74, 6) is 0.329. The molecule has 0 aliphatic carbocycles. The van der Waals surface area contributed by atoms with Gasteiger partial charge in [-0.05, 0) is 32.3 Å². The Morgan fingerprint density at radius 3 is 2.64 bits per heavy atom. The SMILES string of the molecule is CCN(CCn1cccn1)C(=O)[C@H]1CCC(=O)N(CCCN2CCCC2=O)C1. The fourth-order valence-corrected chi connectivity index (χ4v) is 4.06. The molecule has 28 heavy (non-hydrogen) atoms. The van der Waals surface area contributed by atoms with Crippen LogP contribution in [0.2, 0.25) is 0 Å². The Morgan fingerprint density at radius 2 is 1.96 bits per heavy atom. The molecule has 1 aromatic rings. The van der Waals surface area contributed by atoms with Crippen molar-refractivity contribution in [3.8, 4) is 0 Å². The van der Waals surface area contributed by atoms with E-state index in [0.29, 0.717) is 58.5 Å². The van der Waals surface area contributed by atoms with Crippen LogP contribution in [-0.4, -0.2) is 81.5 Å². The largest absolute Gasteiger partial charge is 0.343 e. The summed E-state index contributed by atoms with van der Waals surface area (Å²) in [6, 6.07) is 1.87. The van der Waals surface area contributed by atoms with E-state index in [1.165, 1.54) is 0 Å². The average molecular weight is 390 g/mol. The smallest absolute Gasteiger partial charge is 0.227 e. The van der Waals surface area contributed by atoms with Gasteiger partial charge in [0.2, 0.25) is 17.7 Å². The second-order valence-corrected chi connectivity index (χ2v) is 7.60. The van der Waals surface area contributed by atoms with E-state index in [-0.39, 0.29) is 23.6 Å². The topological polar surface area (TPSA) is 78.8 Å². The molecule has 0 spiro atoms. The third kappa shape index (κ3) is 5.11. The van der Waals surface area contributed by atoms with Gasteiger partial charge in [0.05, 0.1) is 12.5 Å². The Kier molecular flexibility index (Phi) is 7.06. The van der Waals surface area contributed by atoms with E-state index in [2.05, 4.69) is 5.10 Å². The first-order valence-corrected chi connectivity index (χ1v) is 10.4. The van der Waals surface area contributed by atoms with Gasteiger partial charge in [0.15, 0.2) is 0 Å². The molecule has 8 nitrogen and oxygen atoms in total. The highest BCUT2D eigenvalue weighted by Crippen LogP contribution is 2.20. The molecule has 0 radical (unpaired) electrons. The van der Waals surface area contributed by atoms with Gasteiger partial charge >= 0.3 is 0 Å². The maximum Gasteiger partial charge on any atom is 0.227 e. The molecule has 1 aromatic heterocycles. The monoisotopic (exact) mass is 389 g/mol. The maximum atomic E-state index is 13.0. The van der Waals surface area contributed by atoms with Crippen LogP contribution in [0.15, 0.2) is 18.5 Å². The Morgan fingerprint density at radius 1 is 1.18 bits per heavy atom. The summed E-state index contributed by atoms with van der Waals surface area (Å²) >= 11 is 0. The number of carbonyl (C=O) groups excluding carboxylic acids is 3. The summed E-state index contributed by atoms with van der Waals surface area (Å²) in [6.07, 6.45) is 7.03. The number of hydrogen-bond acceptors (Lipinski definition) is 4. The van der Waals surface area contributed by atoms with Crippen molar-refractivity contribution in [1.82, 2.24) is 24.5 Å². The summed E-state index contributed by atoms with van der Waals surface area (Å²) < 4.78 is 1.83. The van der Waals surface area contributed by atoms with Crippen LogP contribution in [0.1, 0.15) is 39.0 Å². The number of rotatable bonds is 9. The zero-order valence-electron chi connectivity index (χ0n) is 16.8. The van der Waals surface area contributed by atoms with E-state index in [0.717, 1.165) is 19.4 Å². The Labute approximate surface area is 166 Å². The van der Waals surface area contributed by atoms with Gasteiger partial charge < -0.3 is 14.7 Å². The Hall–Kier alpha value is -2.38. The lowest BCUT2D eigenvalue weighted by atomic mass is 9.95. The number of carbonyl (C=O) groups is 3. The standard InChI is InChI=1S/C20H31N5O3/c1-2-22(14-15-25-13-4-9-21-25)20(28)17-7-8-19(27)24(16-17)12-5-11-23-10-3-6-18(23)26/h4,9,13,17H,2-3,5-8,10-12,14-16H2,1H3/t17-/m0/s1. The molecule has 8 heteroatoms. The zero-order chi connectivity index (χ0) is 19.9. The molecule has 3 heterocycles. The summed E-state index contributed by atoms with van der Waals surface area (Å²) in [7, 11) is 0. The number of amides is 3. The van der Waals surface area contributed by atoms with Crippen molar-refractivity contribution in [1.29, 1.82) is 0 Å². The molecular weight excluding hydrogens is 358 g/mol. The maximum absolute atomic E-state index is 13.0. The van der Waals surface area contributed by atoms with Crippen molar-refractivity contribution in [3.63, 3.8) is 0 Å². The summed E-state index contributed by atoms with van der Waals surface area (Å²) in [5.41, 5.74) is 0. The molecule has 2 aliphatic heterocycles. The molecule has 3 rings (SSSR count). The van der Waals surface area contributed by atoms with Gasteiger partial charge in [0, 0.05) is 64.5 Å². The van der Waals surface area contributed by atoms with Gasteiger partial charge in [-0.15, -0.1) is 0 Å². The second-order valence-electron chi connectivity index (χ2n) is 7.60. The summed E-state index contributed by atoms with van der Waals surface area (Å²) in [6.45, 7) is 6.57. The molecule has 0 unspecified atom stereocenters. The molecule has 154 valence electrons. The van der Waals surface area contributed by atoms with E-state index in [4.69, 9.17) is 0 Å². The van der Waals surface area contributed by atoms with Crippen LogP contribution < -0.4 is 0 Å². The van der Waals surface area contributed by atoms with Crippen LogP contribution in [0.3, 0.4) is 0 Å². The van der Waals surface area contributed by atoms with Gasteiger partial charge in [-0.3, -0.25) is 19.1 Å². The minimum atomic E-state index is -0.135. The van der Waals surface area contributed by atoms with Crippen molar-refractivity contribution < 1.29 is 14.4 Å². The van der Waals surface area contributed by atoms with E-state index in [1.807, 2.05) is 38.6 Å². The van der Waals surface area contributed by atoms with Gasteiger partial charge in [-0.1, -0.05) is 0 Å². The van der Waals surface area contributed by atoms with Crippen molar-refractivity contribution >= 4 is 17.7 Å². The molecule has 2 aliphatic rings. The molecular formula is C20H31N5O3. The number of hydrogen-bond donors (Lipinski definition) is 0. The number of likely N-dealkylation sites (N-methyl/N-ethyl adjacent to an activating group) is 1. The molecule has 0 N–H and O–H groups in total. The minimum absolute atomic E-state index is 0.122. The van der Waals surface area contributed by atoms with Crippen LogP contribution in [0, 0.1) is 5.92 Å². The minimum Gasteiger partial charge on any atom is -0.343 e. The summed E-state index contributed by atoms with van der Waals surface area (Å²) in [5, 5.41) is 4.19. The van der Waals surface area contributed by atoms with Crippen LogP contribution in [0.5, 0.6) is 0 Å². The third-order valence-corrected chi connectivity index (χ3v) is 5.73. The van der Waals surface area contributed by atoms with E-state index in [1.54, 1.807) is 6.20 Å². The lowest BCUT2D eigenvalue weighted by Crippen LogP contribution is -2.48. The van der Waals surface area contributed by atoms with Crippen molar-refractivity contribution in [2.45, 2.75) is 45.6 Å². The zero-order valence-corrected chi connectivity index (χ0v) is 16.8. The second kappa shape index (κ2) is 9.71. The molecule has 1 atom stereocenters. The summed E-state index contributed by atoms with van der Waals surface area (Å²) in [4.78, 5) is 42.5. The first-order chi connectivity index (χ1) is 13.6. The number of nitrogens with zero attached hydrogens (tertiary/aromatic N) is 5. The van der Waals surface area contributed by atoms with Gasteiger partial charge in [0.25, 0.3) is 0 Å². The fourth-order valence-electron chi connectivity index (χ4n) is 4.06. The molecule has 2 fully saturated rings. The molecule has 0 saturated carbocycles. The Bertz CT molecular complexity index is 675. The van der Waals surface area contributed by atoms with E-state index in [9.17, 15) is 14.4 Å². The highest BCUT2D eigenvalue weighted by atomic mass is 16.2. The van der Waals surface area contributed by atoms with Crippen LogP contribution in [0.4, 0.5) is 0 Å². The van der Waals surface area contributed by atoms with Gasteiger partial charge in [0.1, 0.15) is 0 Å². The highest BCUT2D eigenvalue weighted by Gasteiger charge is 2.32. The van der Waals surface area contributed by atoms with Crippen molar-refractivity contribution in [2.75, 3.05) is 39.3 Å². The number of likely N-dealkylation sites (tertiary alicyclic amines) is 2. The molecule has 0 bridgehead atoms. The predicted octanol–water partition coefficient (Wildman–Crippen LogP) is 0.983. The highest BCUT2D eigenvalue weighted by molar-refractivity contribution is 5.84. The van der Waals surface area contributed by atoms with Gasteiger partial charge in [-0.25, -0.2) is 0 Å². The molecule has 3 amide bonds. The molecule has 2 saturated heterocycles. The van der Waals surface area contributed by atoms with Gasteiger partial charge in [-0.2, -0.15) is 5.10 Å². The third-order valence-electron chi connectivity index (χ3n) is 5.73. The predicted molar refractivity (Wildman–Crippen MR) is 104 cm³/mol. The fraction of sp³-hybridized carbons (Fsp3) is 0.700. The van der Waals surface area contributed by atoms with Crippen molar-refractivity contribution in [3.05, 3.63) is 18.5 Å². The van der Waals surface area contributed by atoms with Crippen LogP contribution >= 0.6 is 0 Å².